The summed E-state index contributed by atoms with van der Waals surface area (Å²) in [6, 6.07) is 3.59. The fraction of sp³-hybridized carbons (Fsp3) is 0.538. The maximum atomic E-state index is 13.2. The Morgan fingerprint density at radius 3 is 2.67 bits per heavy atom. The third kappa shape index (κ3) is 3.04. The minimum Gasteiger partial charge on any atom is -0.374 e. The summed E-state index contributed by atoms with van der Waals surface area (Å²) in [5, 5.41) is 0. The van der Waals surface area contributed by atoms with Crippen molar-refractivity contribution >= 4 is 0 Å². The van der Waals surface area contributed by atoms with Crippen molar-refractivity contribution in [3.63, 3.8) is 0 Å². The van der Waals surface area contributed by atoms with Gasteiger partial charge >= 0.3 is 0 Å². The van der Waals surface area contributed by atoms with Gasteiger partial charge < -0.3 is 10.5 Å². The minimum absolute atomic E-state index is 0.000365. The largest absolute Gasteiger partial charge is 0.374 e. The van der Waals surface area contributed by atoms with Crippen LogP contribution in [0, 0.1) is 11.6 Å². The maximum absolute atomic E-state index is 13.2. The van der Waals surface area contributed by atoms with Gasteiger partial charge in [-0.25, -0.2) is 8.78 Å². The van der Waals surface area contributed by atoms with Crippen LogP contribution in [0.2, 0.25) is 0 Å². The maximum Gasteiger partial charge on any atom is 0.126 e. The molecular formula is C13H18F2N2O. The first-order chi connectivity index (χ1) is 8.60. The van der Waals surface area contributed by atoms with Crippen molar-refractivity contribution in [2.45, 2.75) is 19.1 Å². The van der Waals surface area contributed by atoms with E-state index < -0.39 is 11.6 Å². The quantitative estimate of drug-likeness (QED) is 0.894. The summed E-state index contributed by atoms with van der Waals surface area (Å²) in [7, 11) is 0. The van der Waals surface area contributed by atoms with Crippen LogP contribution in [0.1, 0.15) is 18.5 Å². The lowest BCUT2D eigenvalue weighted by atomic mass is 10.1. The van der Waals surface area contributed by atoms with Crippen LogP contribution in [0.25, 0.3) is 0 Å². The molecule has 0 bridgehead atoms. The van der Waals surface area contributed by atoms with Crippen LogP contribution in [0.15, 0.2) is 18.2 Å². The molecule has 1 aromatic carbocycles. The molecule has 0 saturated carbocycles. The van der Waals surface area contributed by atoms with Gasteiger partial charge in [0.05, 0.1) is 12.7 Å². The smallest absolute Gasteiger partial charge is 0.126 e. The van der Waals surface area contributed by atoms with Crippen molar-refractivity contribution in [1.82, 2.24) is 4.90 Å². The Kier molecular flexibility index (Phi) is 4.27. The number of rotatable bonds is 3. The summed E-state index contributed by atoms with van der Waals surface area (Å²) in [4.78, 5) is 2.13. The van der Waals surface area contributed by atoms with Gasteiger partial charge in [-0.05, 0) is 24.6 Å². The van der Waals surface area contributed by atoms with E-state index >= 15 is 0 Å². The first-order valence-corrected chi connectivity index (χ1v) is 6.12. The van der Waals surface area contributed by atoms with Crippen LogP contribution in [-0.2, 0) is 4.74 Å². The summed E-state index contributed by atoms with van der Waals surface area (Å²) in [6.45, 7) is 4.43. The summed E-state index contributed by atoms with van der Waals surface area (Å²) >= 11 is 0. The van der Waals surface area contributed by atoms with E-state index in [-0.39, 0.29) is 12.1 Å². The van der Waals surface area contributed by atoms with E-state index in [2.05, 4.69) is 4.90 Å². The number of hydrogen-bond donors (Lipinski definition) is 1. The second-order valence-electron chi connectivity index (χ2n) is 4.60. The summed E-state index contributed by atoms with van der Waals surface area (Å²) in [6.07, 6.45) is -0.000365. The van der Waals surface area contributed by atoms with Crippen molar-refractivity contribution in [3.8, 4) is 0 Å². The lowest BCUT2D eigenvalue weighted by Gasteiger charge is -2.36. The average Bonchev–Trinajstić information content (AvgIpc) is 2.37. The predicted molar refractivity (Wildman–Crippen MR) is 65.1 cm³/mol. The van der Waals surface area contributed by atoms with Crippen molar-refractivity contribution in [2.75, 3.05) is 26.2 Å². The van der Waals surface area contributed by atoms with Crippen LogP contribution in [0.3, 0.4) is 0 Å². The molecule has 1 saturated heterocycles. The van der Waals surface area contributed by atoms with Gasteiger partial charge in [0.1, 0.15) is 11.6 Å². The molecule has 100 valence electrons. The standard InChI is InChI=1S/C13H18F2N2O/c1-9(10-4-11(14)6-12(15)5-10)17-2-3-18-13(7-16)8-17/h4-6,9,13H,2-3,7-8,16H2,1H3. The average molecular weight is 256 g/mol. The minimum atomic E-state index is -0.541. The third-order valence-corrected chi connectivity index (χ3v) is 3.35. The Balaban J connectivity index is 2.12. The van der Waals surface area contributed by atoms with Crippen molar-refractivity contribution < 1.29 is 13.5 Å². The fourth-order valence-electron chi connectivity index (χ4n) is 2.26. The van der Waals surface area contributed by atoms with Crippen LogP contribution < -0.4 is 5.73 Å². The Morgan fingerprint density at radius 1 is 1.39 bits per heavy atom. The Morgan fingerprint density at radius 2 is 2.06 bits per heavy atom. The molecule has 2 unspecified atom stereocenters. The molecule has 1 aliphatic heterocycles. The second-order valence-corrected chi connectivity index (χ2v) is 4.60. The molecule has 1 fully saturated rings. The highest BCUT2D eigenvalue weighted by atomic mass is 19.1. The van der Waals surface area contributed by atoms with E-state index in [0.717, 1.165) is 12.6 Å². The monoisotopic (exact) mass is 256 g/mol. The second kappa shape index (κ2) is 5.73. The number of benzene rings is 1. The number of morpholine rings is 1. The molecule has 2 atom stereocenters. The van der Waals surface area contributed by atoms with Gasteiger partial charge in [0.25, 0.3) is 0 Å². The van der Waals surface area contributed by atoms with Gasteiger partial charge in [0.15, 0.2) is 0 Å². The third-order valence-electron chi connectivity index (χ3n) is 3.35. The van der Waals surface area contributed by atoms with E-state index in [1.54, 1.807) is 0 Å². The highest BCUT2D eigenvalue weighted by Gasteiger charge is 2.24. The van der Waals surface area contributed by atoms with E-state index in [1.807, 2.05) is 6.92 Å². The van der Waals surface area contributed by atoms with Gasteiger partial charge in [-0.15, -0.1) is 0 Å². The number of nitrogens with two attached hydrogens (primary N) is 1. The molecule has 0 radical (unpaired) electrons. The summed E-state index contributed by atoms with van der Waals surface area (Å²) < 4.78 is 31.9. The zero-order valence-corrected chi connectivity index (χ0v) is 10.4. The van der Waals surface area contributed by atoms with Crippen molar-refractivity contribution in [2.24, 2.45) is 5.73 Å². The normalized spacial score (nSPS) is 23.0. The molecular weight excluding hydrogens is 238 g/mol. The highest BCUT2D eigenvalue weighted by molar-refractivity contribution is 5.21. The van der Waals surface area contributed by atoms with Gasteiger partial charge in [-0.3, -0.25) is 4.90 Å². The zero-order valence-electron chi connectivity index (χ0n) is 10.4. The first kappa shape index (κ1) is 13.4. The first-order valence-electron chi connectivity index (χ1n) is 6.12. The molecule has 1 aromatic rings. The van der Waals surface area contributed by atoms with Gasteiger partial charge in [0, 0.05) is 31.7 Å². The Labute approximate surface area is 106 Å². The molecule has 0 aromatic heterocycles. The van der Waals surface area contributed by atoms with E-state index in [1.165, 1.54) is 12.1 Å². The number of ether oxygens (including phenoxy) is 1. The van der Waals surface area contributed by atoms with E-state index in [0.29, 0.717) is 25.3 Å². The predicted octanol–water partition coefficient (Wildman–Crippen LogP) is 1.69. The van der Waals surface area contributed by atoms with Crippen LogP contribution >= 0.6 is 0 Å². The fourth-order valence-corrected chi connectivity index (χ4v) is 2.26. The molecule has 0 amide bonds. The van der Waals surface area contributed by atoms with Crippen molar-refractivity contribution in [1.29, 1.82) is 0 Å². The molecule has 0 spiro atoms. The van der Waals surface area contributed by atoms with Crippen LogP contribution in [-0.4, -0.2) is 37.2 Å². The topological polar surface area (TPSA) is 38.5 Å². The highest BCUT2D eigenvalue weighted by Crippen LogP contribution is 2.23. The number of hydrogen-bond acceptors (Lipinski definition) is 3. The van der Waals surface area contributed by atoms with Crippen LogP contribution in [0.4, 0.5) is 8.78 Å². The molecule has 18 heavy (non-hydrogen) atoms. The molecule has 3 nitrogen and oxygen atoms in total. The van der Waals surface area contributed by atoms with Gasteiger partial charge in [0.2, 0.25) is 0 Å². The molecule has 5 heteroatoms. The van der Waals surface area contributed by atoms with Crippen LogP contribution in [0.5, 0.6) is 0 Å². The van der Waals surface area contributed by atoms with Gasteiger partial charge in [-0.1, -0.05) is 0 Å². The van der Waals surface area contributed by atoms with E-state index in [9.17, 15) is 8.78 Å². The molecule has 2 N–H and O–H groups in total. The lowest BCUT2D eigenvalue weighted by Crippen LogP contribution is -2.46. The zero-order chi connectivity index (χ0) is 13.1. The molecule has 2 rings (SSSR count). The lowest BCUT2D eigenvalue weighted by molar-refractivity contribution is -0.0365. The summed E-state index contributed by atoms with van der Waals surface area (Å²) in [5.41, 5.74) is 6.22. The molecule has 1 aliphatic rings. The Bertz CT molecular complexity index is 394. The summed E-state index contributed by atoms with van der Waals surface area (Å²) in [5.74, 6) is -1.08. The molecule has 0 aliphatic carbocycles. The van der Waals surface area contributed by atoms with E-state index in [4.69, 9.17) is 10.5 Å². The van der Waals surface area contributed by atoms with Crippen molar-refractivity contribution in [3.05, 3.63) is 35.4 Å². The Hall–Kier alpha value is -1.04. The number of nitrogens with zero attached hydrogens (tertiary/aromatic N) is 1. The molecule has 1 heterocycles. The number of halogens is 2. The van der Waals surface area contributed by atoms with Gasteiger partial charge in [-0.2, -0.15) is 0 Å². The SMILES string of the molecule is CC(c1cc(F)cc(F)c1)N1CCOC(CN)C1.